The smallest absolute Gasteiger partial charge is 0.273 e. The quantitative estimate of drug-likeness (QED) is 0.920. The number of hydrogen-bond donors (Lipinski definition) is 1. The molecule has 0 radical (unpaired) electrons. The van der Waals surface area contributed by atoms with Crippen molar-refractivity contribution in [1.82, 2.24) is 9.88 Å². The van der Waals surface area contributed by atoms with E-state index in [2.05, 4.69) is 17.1 Å². The predicted molar refractivity (Wildman–Crippen MR) is 81.8 cm³/mol. The van der Waals surface area contributed by atoms with Gasteiger partial charge in [-0.1, -0.05) is 30.3 Å². The molecule has 1 heterocycles. The van der Waals surface area contributed by atoms with E-state index < -0.39 is 0 Å². The lowest BCUT2D eigenvalue weighted by atomic mass is 10.1. The zero-order chi connectivity index (χ0) is 14.5. The Morgan fingerprint density at radius 2 is 2.10 bits per heavy atom. The molecule has 1 amide bonds. The zero-order valence-electron chi connectivity index (χ0n) is 11.7. The summed E-state index contributed by atoms with van der Waals surface area (Å²) in [5, 5.41) is 2.57. The Morgan fingerprint density at radius 3 is 2.70 bits per heavy atom. The maximum absolute atomic E-state index is 12.2. The molecule has 0 spiro atoms. The average Bonchev–Trinajstić information content (AvgIpc) is 2.95. The van der Waals surface area contributed by atoms with Gasteiger partial charge in [0.25, 0.3) is 5.91 Å². The highest BCUT2D eigenvalue weighted by atomic mass is 32.1. The number of thiazole rings is 1. The lowest BCUT2D eigenvalue weighted by Crippen LogP contribution is -2.29. The van der Waals surface area contributed by atoms with Crippen molar-refractivity contribution in [3.8, 4) is 0 Å². The second-order valence-corrected chi connectivity index (χ2v) is 5.71. The first-order chi connectivity index (χ1) is 9.58. The molecule has 2 rings (SSSR count). The molecule has 1 atom stereocenters. The fourth-order valence-corrected chi connectivity index (χ4v) is 2.59. The highest BCUT2D eigenvalue weighted by Crippen LogP contribution is 2.16. The van der Waals surface area contributed by atoms with Crippen molar-refractivity contribution in [2.24, 2.45) is 5.73 Å². The van der Waals surface area contributed by atoms with Crippen LogP contribution in [0, 0.1) is 0 Å². The monoisotopic (exact) mass is 289 g/mol. The van der Waals surface area contributed by atoms with E-state index in [0.717, 1.165) is 11.4 Å². The summed E-state index contributed by atoms with van der Waals surface area (Å²) in [6.07, 6.45) is 0.841. The molecule has 0 bridgehead atoms. The van der Waals surface area contributed by atoms with Crippen LogP contribution >= 0.6 is 11.3 Å². The zero-order valence-corrected chi connectivity index (χ0v) is 12.6. The number of nitrogens with two attached hydrogens (primary N) is 1. The fourth-order valence-electron chi connectivity index (χ4n) is 1.83. The Morgan fingerprint density at radius 1 is 1.40 bits per heavy atom. The molecule has 2 aromatic rings. The van der Waals surface area contributed by atoms with Crippen LogP contribution < -0.4 is 5.73 Å². The molecule has 4 nitrogen and oxygen atoms in total. The highest BCUT2D eigenvalue weighted by molar-refractivity contribution is 7.09. The molecule has 0 fully saturated rings. The Kier molecular flexibility index (Phi) is 4.87. The van der Waals surface area contributed by atoms with Crippen molar-refractivity contribution >= 4 is 17.2 Å². The summed E-state index contributed by atoms with van der Waals surface area (Å²) >= 11 is 1.43. The molecular formula is C15H19N3OS. The largest absolute Gasteiger partial charge is 0.340 e. The first kappa shape index (κ1) is 14.7. The number of nitrogens with zero attached hydrogens (tertiary/aromatic N) is 2. The third-order valence-electron chi connectivity index (χ3n) is 3.06. The minimum Gasteiger partial charge on any atom is -0.340 e. The third kappa shape index (κ3) is 3.65. The van der Waals surface area contributed by atoms with Crippen molar-refractivity contribution in [3.05, 3.63) is 52.0 Å². The first-order valence-corrected chi connectivity index (χ1v) is 7.46. The van der Waals surface area contributed by atoms with Gasteiger partial charge in [0.1, 0.15) is 10.7 Å². The summed E-state index contributed by atoms with van der Waals surface area (Å²) in [7, 11) is 1.80. The molecule has 1 aromatic heterocycles. The van der Waals surface area contributed by atoms with Gasteiger partial charge in [-0.15, -0.1) is 11.3 Å². The lowest BCUT2D eigenvalue weighted by Gasteiger charge is -2.15. The Labute approximate surface area is 123 Å². The highest BCUT2D eigenvalue weighted by Gasteiger charge is 2.16. The lowest BCUT2D eigenvalue weighted by molar-refractivity contribution is 0.0791. The molecule has 0 aliphatic heterocycles. The van der Waals surface area contributed by atoms with Crippen LogP contribution in [0.4, 0.5) is 0 Å². The van der Waals surface area contributed by atoms with Crippen LogP contribution in [0.5, 0.6) is 0 Å². The number of likely N-dealkylation sites (N-methyl/N-ethyl adjacent to an activating group) is 1. The van der Waals surface area contributed by atoms with Crippen molar-refractivity contribution in [2.75, 3.05) is 13.6 Å². The SMILES string of the molecule is CC(N)c1nc(C(=O)N(C)CCc2ccccc2)cs1. The van der Waals surface area contributed by atoms with Gasteiger partial charge in [0.05, 0.1) is 6.04 Å². The van der Waals surface area contributed by atoms with E-state index in [1.165, 1.54) is 16.9 Å². The van der Waals surface area contributed by atoms with Crippen LogP contribution in [-0.2, 0) is 6.42 Å². The molecule has 20 heavy (non-hydrogen) atoms. The van der Waals surface area contributed by atoms with E-state index in [0.29, 0.717) is 12.2 Å². The van der Waals surface area contributed by atoms with Gasteiger partial charge in [-0.2, -0.15) is 0 Å². The van der Waals surface area contributed by atoms with Crippen molar-refractivity contribution < 1.29 is 4.79 Å². The van der Waals surface area contributed by atoms with Gasteiger partial charge in [0, 0.05) is 19.0 Å². The van der Waals surface area contributed by atoms with Crippen LogP contribution in [-0.4, -0.2) is 29.4 Å². The van der Waals surface area contributed by atoms with Gasteiger partial charge in [-0.05, 0) is 18.9 Å². The van der Waals surface area contributed by atoms with E-state index in [1.807, 2.05) is 25.1 Å². The standard InChI is InChI=1S/C15H19N3OS/c1-11(16)14-17-13(10-20-14)15(19)18(2)9-8-12-6-4-3-5-7-12/h3-7,10-11H,8-9,16H2,1-2H3. The van der Waals surface area contributed by atoms with E-state index in [4.69, 9.17) is 5.73 Å². The van der Waals surface area contributed by atoms with E-state index in [9.17, 15) is 4.79 Å². The normalized spacial score (nSPS) is 12.2. The van der Waals surface area contributed by atoms with Gasteiger partial charge in [-0.3, -0.25) is 4.79 Å². The molecule has 5 heteroatoms. The predicted octanol–water partition coefficient (Wildman–Crippen LogP) is 2.48. The second kappa shape index (κ2) is 6.63. The van der Waals surface area contributed by atoms with Gasteiger partial charge >= 0.3 is 0 Å². The number of hydrogen-bond acceptors (Lipinski definition) is 4. The molecule has 1 unspecified atom stereocenters. The van der Waals surface area contributed by atoms with E-state index in [1.54, 1.807) is 17.3 Å². The third-order valence-corrected chi connectivity index (χ3v) is 4.10. The summed E-state index contributed by atoms with van der Waals surface area (Å²) in [5.41, 5.74) is 7.47. The van der Waals surface area contributed by atoms with Crippen molar-refractivity contribution in [2.45, 2.75) is 19.4 Å². The maximum Gasteiger partial charge on any atom is 0.273 e. The summed E-state index contributed by atoms with van der Waals surface area (Å²) < 4.78 is 0. The Hall–Kier alpha value is -1.72. The molecule has 0 aliphatic carbocycles. The molecule has 0 saturated carbocycles. The number of aromatic nitrogens is 1. The van der Waals surface area contributed by atoms with Gasteiger partial charge in [0.2, 0.25) is 0 Å². The molecule has 106 valence electrons. The van der Waals surface area contributed by atoms with Gasteiger partial charge in [-0.25, -0.2) is 4.98 Å². The maximum atomic E-state index is 12.2. The number of carbonyl (C=O) groups excluding carboxylic acids is 1. The molecule has 0 aliphatic rings. The Balaban J connectivity index is 1.94. The summed E-state index contributed by atoms with van der Waals surface area (Å²) in [5.74, 6) is -0.0518. The summed E-state index contributed by atoms with van der Waals surface area (Å²) in [6, 6.07) is 10.0. The summed E-state index contributed by atoms with van der Waals surface area (Å²) in [4.78, 5) is 18.2. The van der Waals surface area contributed by atoms with E-state index >= 15 is 0 Å². The molecule has 2 N–H and O–H groups in total. The molecule has 1 aromatic carbocycles. The minimum absolute atomic E-state index is 0.0518. The van der Waals surface area contributed by atoms with Crippen LogP contribution in [0.25, 0.3) is 0 Å². The Bertz CT molecular complexity index is 566. The van der Waals surface area contributed by atoms with Crippen LogP contribution in [0.3, 0.4) is 0 Å². The second-order valence-electron chi connectivity index (χ2n) is 4.82. The number of benzene rings is 1. The van der Waals surface area contributed by atoms with Crippen LogP contribution in [0.15, 0.2) is 35.7 Å². The van der Waals surface area contributed by atoms with Crippen molar-refractivity contribution in [3.63, 3.8) is 0 Å². The number of carbonyl (C=O) groups is 1. The number of amides is 1. The number of rotatable bonds is 5. The molecule has 0 saturated heterocycles. The molecular weight excluding hydrogens is 270 g/mol. The fraction of sp³-hybridized carbons (Fsp3) is 0.333. The van der Waals surface area contributed by atoms with Gasteiger partial charge < -0.3 is 10.6 Å². The summed E-state index contributed by atoms with van der Waals surface area (Å²) in [6.45, 7) is 2.54. The van der Waals surface area contributed by atoms with Crippen LogP contribution in [0.1, 0.15) is 34.0 Å². The topological polar surface area (TPSA) is 59.2 Å². The minimum atomic E-state index is -0.129. The van der Waals surface area contributed by atoms with Gasteiger partial charge in [0.15, 0.2) is 0 Å². The first-order valence-electron chi connectivity index (χ1n) is 6.58. The van der Waals surface area contributed by atoms with Crippen molar-refractivity contribution in [1.29, 1.82) is 0 Å². The van der Waals surface area contributed by atoms with E-state index in [-0.39, 0.29) is 11.9 Å². The van der Waals surface area contributed by atoms with Crippen LogP contribution in [0.2, 0.25) is 0 Å². The average molecular weight is 289 g/mol.